The zero-order valence-corrected chi connectivity index (χ0v) is 12.9. The van der Waals surface area contributed by atoms with Crippen LogP contribution in [0.2, 0.25) is 0 Å². The molecule has 4 nitrogen and oxygen atoms in total. The summed E-state index contributed by atoms with van der Waals surface area (Å²) < 4.78 is 0.976. The van der Waals surface area contributed by atoms with Crippen molar-refractivity contribution in [2.24, 2.45) is 0 Å². The molecule has 2 unspecified atom stereocenters. The molecule has 0 fully saturated rings. The molecule has 0 saturated carbocycles. The zero-order chi connectivity index (χ0) is 14.3. The van der Waals surface area contributed by atoms with Crippen LogP contribution in [0.1, 0.15) is 38.3 Å². The molecular weight excluding hydrogens is 308 g/mol. The van der Waals surface area contributed by atoms with Gasteiger partial charge in [-0.3, -0.25) is 0 Å². The molecule has 3 N–H and O–H groups in total. The molecule has 0 aliphatic rings. The van der Waals surface area contributed by atoms with Gasteiger partial charge < -0.3 is 15.7 Å². The molecule has 0 saturated heterocycles. The highest BCUT2D eigenvalue weighted by molar-refractivity contribution is 9.10. The molecule has 0 heterocycles. The number of halogens is 1. The molecule has 0 aliphatic heterocycles. The Morgan fingerprint density at radius 2 is 2.11 bits per heavy atom. The van der Waals surface area contributed by atoms with Gasteiger partial charge in [-0.15, -0.1) is 0 Å². The predicted octanol–water partition coefficient (Wildman–Crippen LogP) is 2.97. The van der Waals surface area contributed by atoms with E-state index in [0.717, 1.165) is 10.0 Å². The summed E-state index contributed by atoms with van der Waals surface area (Å²) in [5, 5.41) is 15.0. The van der Waals surface area contributed by atoms with Crippen molar-refractivity contribution in [3.8, 4) is 0 Å². The highest BCUT2D eigenvalue weighted by Gasteiger charge is 2.11. The van der Waals surface area contributed by atoms with E-state index >= 15 is 0 Å². The van der Waals surface area contributed by atoms with Gasteiger partial charge in [0.25, 0.3) is 0 Å². The Kier molecular flexibility index (Phi) is 6.87. The van der Waals surface area contributed by atoms with Crippen LogP contribution in [0.15, 0.2) is 28.7 Å². The van der Waals surface area contributed by atoms with Gasteiger partial charge in [0.1, 0.15) is 0 Å². The van der Waals surface area contributed by atoms with E-state index in [1.165, 1.54) is 0 Å². The summed E-state index contributed by atoms with van der Waals surface area (Å²) in [6.45, 7) is 4.32. The normalized spacial score (nSPS) is 13.7. The Morgan fingerprint density at radius 3 is 2.74 bits per heavy atom. The fraction of sp³-hybridized carbons (Fsp3) is 0.500. The third-order valence-electron chi connectivity index (χ3n) is 2.95. The highest BCUT2D eigenvalue weighted by atomic mass is 79.9. The molecule has 0 bridgehead atoms. The molecule has 1 aromatic carbocycles. The van der Waals surface area contributed by atoms with E-state index in [4.69, 9.17) is 0 Å². The molecule has 1 rings (SSSR count). The maximum atomic E-state index is 11.7. The van der Waals surface area contributed by atoms with Crippen LogP contribution in [-0.2, 0) is 0 Å². The number of amides is 2. The molecule has 2 atom stereocenters. The molecule has 0 radical (unpaired) electrons. The number of carbonyl (C=O) groups excluding carboxylic acids is 1. The first-order chi connectivity index (χ1) is 9.04. The Hall–Kier alpha value is -1.07. The maximum absolute atomic E-state index is 11.7. The maximum Gasteiger partial charge on any atom is 0.315 e. The highest BCUT2D eigenvalue weighted by Crippen LogP contribution is 2.22. The second-order valence-corrected chi connectivity index (χ2v) is 5.35. The summed E-state index contributed by atoms with van der Waals surface area (Å²) in [4.78, 5) is 11.7. The van der Waals surface area contributed by atoms with Crippen LogP contribution in [-0.4, -0.2) is 23.8 Å². The van der Waals surface area contributed by atoms with Gasteiger partial charge in [-0.1, -0.05) is 41.1 Å². The quantitative estimate of drug-likeness (QED) is 0.751. The third-order valence-corrected chi connectivity index (χ3v) is 3.68. The largest absolute Gasteiger partial charge is 0.393 e. The van der Waals surface area contributed by atoms with Crippen LogP contribution in [0.4, 0.5) is 4.79 Å². The number of hydrogen-bond acceptors (Lipinski definition) is 2. The third kappa shape index (κ3) is 5.61. The summed E-state index contributed by atoms with van der Waals surface area (Å²) in [5.74, 6) is 0. The lowest BCUT2D eigenvalue weighted by Crippen LogP contribution is -2.38. The Labute approximate surface area is 122 Å². The SMILES string of the molecule is CCC(O)CCNC(=O)NC(C)c1ccccc1Br. The van der Waals surface area contributed by atoms with Gasteiger partial charge in [-0.25, -0.2) is 4.79 Å². The van der Waals surface area contributed by atoms with Crippen molar-refractivity contribution in [3.63, 3.8) is 0 Å². The van der Waals surface area contributed by atoms with Crippen molar-refractivity contribution in [2.75, 3.05) is 6.54 Å². The fourth-order valence-electron chi connectivity index (χ4n) is 1.71. The molecule has 0 aliphatic carbocycles. The van der Waals surface area contributed by atoms with Crippen molar-refractivity contribution in [2.45, 2.75) is 38.8 Å². The fourth-order valence-corrected chi connectivity index (χ4v) is 2.34. The summed E-state index contributed by atoms with van der Waals surface area (Å²) in [6.07, 6.45) is 0.935. The van der Waals surface area contributed by atoms with Crippen molar-refractivity contribution in [1.82, 2.24) is 10.6 Å². The number of benzene rings is 1. The lowest BCUT2D eigenvalue weighted by Gasteiger charge is -2.16. The first-order valence-electron chi connectivity index (χ1n) is 6.51. The minimum Gasteiger partial charge on any atom is -0.393 e. The number of aliphatic hydroxyl groups excluding tert-OH is 1. The molecule has 0 aromatic heterocycles. The molecule has 106 valence electrons. The molecule has 0 spiro atoms. The van der Waals surface area contributed by atoms with Crippen LogP contribution < -0.4 is 10.6 Å². The zero-order valence-electron chi connectivity index (χ0n) is 11.3. The van der Waals surface area contributed by atoms with E-state index in [-0.39, 0.29) is 18.2 Å². The minimum absolute atomic E-state index is 0.0772. The number of carbonyl (C=O) groups is 1. The Morgan fingerprint density at radius 1 is 1.42 bits per heavy atom. The van der Waals surface area contributed by atoms with E-state index < -0.39 is 0 Å². The second kappa shape index (κ2) is 8.17. The van der Waals surface area contributed by atoms with E-state index in [1.54, 1.807) is 0 Å². The van der Waals surface area contributed by atoms with Crippen LogP contribution in [0, 0.1) is 0 Å². The topological polar surface area (TPSA) is 61.4 Å². The Bertz CT molecular complexity index is 412. The van der Waals surface area contributed by atoms with Gasteiger partial charge in [0, 0.05) is 11.0 Å². The van der Waals surface area contributed by atoms with E-state index in [2.05, 4.69) is 26.6 Å². The van der Waals surface area contributed by atoms with Gasteiger partial charge >= 0.3 is 6.03 Å². The van der Waals surface area contributed by atoms with Crippen molar-refractivity contribution < 1.29 is 9.90 Å². The van der Waals surface area contributed by atoms with Crippen LogP contribution in [0.25, 0.3) is 0 Å². The number of rotatable bonds is 6. The molecule has 1 aromatic rings. The van der Waals surface area contributed by atoms with Crippen molar-refractivity contribution in [3.05, 3.63) is 34.3 Å². The molecule has 2 amide bonds. The van der Waals surface area contributed by atoms with Gasteiger partial charge in [0.05, 0.1) is 12.1 Å². The molecule has 5 heteroatoms. The number of nitrogens with one attached hydrogen (secondary N) is 2. The second-order valence-electron chi connectivity index (χ2n) is 4.49. The summed E-state index contributed by atoms with van der Waals surface area (Å²) in [7, 11) is 0. The summed E-state index contributed by atoms with van der Waals surface area (Å²) in [5.41, 5.74) is 1.03. The van der Waals surface area contributed by atoms with E-state index in [1.807, 2.05) is 38.1 Å². The van der Waals surface area contributed by atoms with Crippen LogP contribution in [0.3, 0.4) is 0 Å². The average Bonchev–Trinajstić information content (AvgIpc) is 2.38. The lowest BCUT2D eigenvalue weighted by atomic mass is 10.1. The number of urea groups is 1. The average molecular weight is 329 g/mol. The summed E-state index contributed by atoms with van der Waals surface area (Å²) >= 11 is 3.46. The predicted molar refractivity (Wildman–Crippen MR) is 80.0 cm³/mol. The van der Waals surface area contributed by atoms with Crippen molar-refractivity contribution >= 4 is 22.0 Å². The molecular formula is C14H21BrN2O2. The molecule has 19 heavy (non-hydrogen) atoms. The lowest BCUT2D eigenvalue weighted by molar-refractivity contribution is 0.160. The van der Waals surface area contributed by atoms with Gasteiger partial charge in [0.2, 0.25) is 0 Å². The Balaban J connectivity index is 2.38. The summed E-state index contributed by atoms with van der Waals surface area (Å²) in [6, 6.07) is 7.50. The first kappa shape index (κ1) is 16.0. The van der Waals surface area contributed by atoms with E-state index in [9.17, 15) is 9.90 Å². The standard InChI is InChI=1S/C14H21BrN2O2/c1-3-11(18)8-9-16-14(19)17-10(2)12-6-4-5-7-13(12)15/h4-7,10-11,18H,3,8-9H2,1-2H3,(H2,16,17,19). The number of hydrogen-bond donors (Lipinski definition) is 3. The van der Waals surface area contributed by atoms with E-state index in [0.29, 0.717) is 19.4 Å². The number of aliphatic hydroxyl groups is 1. The van der Waals surface area contributed by atoms with Gasteiger partial charge in [-0.2, -0.15) is 0 Å². The minimum atomic E-state index is -0.346. The van der Waals surface area contributed by atoms with Gasteiger partial charge in [0.15, 0.2) is 0 Å². The van der Waals surface area contributed by atoms with Crippen molar-refractivity contribution in [1.29, 1.82) is 0 Å². The van der Waals surface area contributed by atoms with Crippen LogP contribution >= 0.6 is 15.9 Å². The van der Waals surface area contributed by atoms with Gasteiger partial charge in [-0.05, 0) is 31.4 Å². The van der Waals surface area contributed by atoms with Crippen LogP contribution in [0.5, 0.6) is 0 Å². The smallest absolute Gasteiger partial charge is 0.315 e. The monoisotopic (exact) mass is 328 g/mol. The first-order valence-corrected chi connectivity index (χ1v) is 7.30.